The molecule has 1 aromatic heterocycles. The van der Waals surface area contributed by atoms with E-state index in [4.69, 9.17) is 14.2 Å². The van der Waals surface area contributed by atoms with Crippen molar-refractivity contribution >= 4 is 11.9 Å². The molecule has 7 nitrogen and oxygen atoms in total. The predicted octanol–water partition coefficient (Wildman–Crippen LogP) is 2.91. The number of pyridine rings is 1. The van der Waals surface area contributed by atoms with Crippen LogP contribution in [0.5, 0.6) is 11.5 Å². The first-order chi connectivity index (χ1) is 14.1. The number of hydrogen-bond acceptors (Lipinski definition) is 6. The molecule has 0 unspecified atom stereocenters. The number of methoxy groups -OCH3 is 2. The second-order valence-electron chi connectivity index (χ2n) is 6.86. The van der Waals surface area contributed by atoms with E-state index in [-0.39, 0.29) is 23.7 Å². The molecule has 0 bridgehead atoms. The molecule has 0 aliphatic carbocycles. The van der Waals surface area contributed by atoms with E-state index in [1.165, 1.54) is 7.11 Å². The van der Waals surface area contributed by atoms with Crippen molar-refractivity contribution in [2.24, 2.45) is 5.92 Å². The minimum atomic E-state index is -0.298. The Labute approximate surface area is 170 Å². The molecular formula is C22H26N2O5. The molecule has 0 spiro atoms. The molecule has 1 saturated heterocycles. The fourth-order valence-electron chi connectivity index (χ4n) is 3.75. The Morgan fingerprint density at radius 2 is 1.97 bits per heavy atom. The van der Waals surface area contributed by atoms with E-state index in [1.54, 1.807) is 49.5 Å². The second-order valence-corrected chi connectivity index (χ2v) is 6.86. The summed E-state index contributed by atoms with van der Waals surface area (Å²) in [7, 11) is 3.09. The average Bonchev–Trinajstić information content (AvgIpc) is 2.78. The topological polar surface area (TPSA) is 78.0 Å². The Kier molecular flexibility index (Phi) is 6.69. The zero-order valence-corrected chi connectivity index (χ0v) is 17.0. The van der Waals surface area contributed by atoms with E-state index < -0.39 is 0 Å². The van der Waals surface area contributed by atoms with Crippen LogP contribution in [0.15, 0.2) is 42.7 Å². The number of ether oxygens (including phenoxy) is 3. The van der Waals surface area contributed by atoms with Crippen molar-refractivity contribution in [1.82, 2.24) is 9.88 Å². The van der Waals surface area contributed by atoms with Crippen molar-refractivity contribution in [3.8, 4) is 11.5 Å². The van der Waals surface area contributed by atoms with Gasteiger partial charge in [0.1, 0.15) is 0 Å². The summed E-state index contributed by atoms with van der Waals surface area (Å²) in [5, 5.41) is 0. The van der Waals surface area contributed by atoms with Gasteiger partial charge in [0.15, 0.2) is 11.5 Å². The van der Waals surface area contributed by atoms with Crippen LogP contribution >= 0.6 is 0 Å². The molecular weight excluding hydrogens is 372 g/mol. The van der Waals surface area contributed by atoms with Crippen molar-refractivity contribution in [3.63, 3.8) is 0 Å². The number of nitrogens with zero attached hydrogens (tertiary/aromatic N) is 2. The number of carbonyl (C=O) groups is 2. The molecule has 2 heterocycles. The van der Waals surface area contributed by atoms with Gasteiger partial charge in [-0.1, -0.05) is 6.07 Å². The van der Waals surface area contributed by atoms with Crippen molar-refractivity contribution in [2.75, 3.05) is 33.9 Å². The Balaban J connectivity index is 1.85. The Hall–Kier alpha value is -3.09. The summed E-state index contributed by atoms with van der Waals surface area (Å²) in [5.74, 6) is 0.276. The summed E-state index contributed by atoms with van der Waals surface area (Å²) in [6, 6.07) is 8.90. The molecule has 7 heteroatoms. The van der Waals surface area contributed by atoms with Crippen LogP contribution in [-0.4, -0.2) is 55.7 Å². The summed E-state index contributed by atoms with van der Waals surface area (Å²) in [6.45, 7) is 3.03. The number of carbonyl (C=O) groups excluding carboxylic acids is 2. The van der Waals surface area contributed by atoms with Crippen molar-refractivity contribution < 1.29 is 23.8 Å². The predicted molar refractivity (Wildman–Crippen MR) is 107 cm³/mol. The van der Waals surface area contributed by atoms with Crippen molar-refractivity contribution in [2.45, 2.75) is 19.3 Å². The molecule has 1 aromatic carbocycles. The number of amides is 1. The summed E-state index contributed by atoms with van der Waals surface area (Å²) < 4.78 is 15.8. The summed E-state index contributed by atoms with van der Waals surface area (Å²) in [5.41, 5.74) is 1.44. The maximum absolute atomic E-state index is 13.1. The Bertz CT molecular complexity index is 856. The van der Waals surface area contributed by atoms with Gasteiger partial charge in [0.05, 0.1) is 26.7 Å². The normalized spacial score (nSPS) is 18.8. The van der Waals surface area contributed by atoms with Gasteiger partial charge >= 0.3 is 5.97 Å². The van der Waals surface area contributed by atoms with Crippen molar-refractivity contribution in [1.29, 1.82) is 0 Å². The molecule has 2 aromatic rings. The van der Waals surface area contributed by atoms with Gasteiger partial charge in [-0.2, -0.15) is 0 Å². The van der Waals surface area contributed by atoms with E-state index in [0.717, 1.165) is 5.56 Å². The summed E-state index contributed by atoms with van der Waals surface area (Å²) >= 11 is 0. The van der Waals surface area contributed by atoms with Gasteiger partial charge in [-0.05, 0) is 43.2 Å². The van der Waals surface area contributed by atoms with Crippen LogP contribution in [0.1, 0.15) is 35.2 Å². The highest BCUT2D eigenvalue weighted by Crippen LogP contribution is 2.34. The third-order valence-corrected chi connectivity index (χ3v) is 5.23. The van der Waals surface area contributed by atoms with E-state index in [0.29, 0.717) is 43.2 Å². The maximum atomic E-state index is 13.1. The largest absolute Gasteiger partial charge is 0.493 e. The number of piperidine rings is 1. The molecule has 1 amide bonds. The average molecular weight is 398 g/mol. The van der Waals surface area contributed by atoms with Crippen LogP contribution in [0.3, 0.4) is 0 Å². The van der Waals surface area contributed by atoms with Gasteiger partial charge in [-0.15, -0.1) is 0 Å². The van der Waals surface area contributed by atoms with Crippen molar-refractivity contribution in [3.05, 3.63) is 53.9 Å². The number of likely N-dealkylation sites (tertiary alicyclic amines) is 1. The lowest BCUT2D eigenvalue weighted by Gasteiger charge is -2.37. The first-order valence-electron chi connectivity index (χ1n) is 9.66. The van der Waals surface area contributed by atoms with Crippen LogP contribution < -0.4 is 9.47 Å². The van der Waals surface area contributed by atoms with Gasteiger partial charge in [0.25, 0.3) is 5.91 Å². The van der Waals surface area contributed by atoms with Crippen LogP contribution in [0.4, 0.5) is 0 Å². The summed E-state index contributed by atoms with van der Waals surface area (Å²) in [4.78, 5) is 31.6. The van der Waals surface area contributed by atoms with Crippen LogP contribution in [0.2, 0.25) is 0 Å². The van der Waals surface area contributed by atoms with E-state index in [9.17, 15) is 9.59 Å². The van der Waals surface area contributed by atoms with Crippen LogP contribution in [0.25, 0.3) is 0 Å². The molecule has 0 N–H and O–H groups in total. The standard InChI is InChI=1S/C22H26N2O5/c1-4-29-22(26)17-9-11-24(14-18(17)16-6-5-10-23-13-16)21(25)15-7-8-19(27-2)20(12-15)28-3/h5-8,10,12-13,17-18H,4,9,11,14H2,1-3H3/t17-,18-/m0/s1. The second kappa shape index (κ2) is 9.41. The first-order valence-corrected chi connectivity index (χ1v) is 9.66. The molecule has 0 saturated carbocycles. The highest BCUT2D eigenvalue weighted by molar-refractivity contribution is 5.95. The molecule has 2 atom stereocenters. The molecule has 1 aliphatic rings. The smallest absolute Gasteiger partial charge is 0.309 e. The number of esters is 1. The lowest BCUT2D eigenvalue weighted by atomic mass is 9.81. The Morgan fingerprint density at radius 1 is 1.17 bits per heavy atom. The van der Waals surface area contributed by atoms with Crippen LogP contribution in [-0.2, 0) is 9.53 Å². The molecule has 154 valence electrons. The maximum Gasteiger partial charge on any atom is 0.309 e. The van der Waals surface area contributed by atoms with E-state index >= 15 is 0 Å². The number of benzene rings is 1. The highest BCUT2D eigenvalue weighted by atomic mass is 16.5. The lowest BCUT2D eigenvalue weighted by Crippen LogP contribution is -2.45. The minimum Gasteiger partial charge on any atom is -0.493 e. The third-order valence-electron chi connectivity index (χ3n) is 5.23. The van der Waals surface area contributed by atoms with Gasteiger partial charge < -0.3 is 19.1 Å². The quantitative estimate of drug-likeness (QED) is 0.697. The number of aromatic nitrogens is 1. The summed E-state index contributed by atoms with van der Waals surface area (Å²) in [6.07, 6.45) is 3.98. The fraction of sp³-hybridized carbons (Fsp3) is 0.409. The molecule has 1 fully saturated rings. The van der Waals surface area contributed by atoms with E-state index in [2.05, 4.69) is 4.98 Å². The zero-order valence-electron chi connectivity index (χ0n) is 17.0. The number of rotatable bonds is 6. The highest BCUT2D eigenvalue weighted by Gasteiger charge is 2.38. The van der Waals surface area contributed by atoms with E-state index in [1.807, 2.05) is 12.1 Å². The zero-order chi connectivity index (χ0) is 20.8. The first kappa shape index (κ1) is 20.6. The SMILES string of the molecule is CCOC(=O)[C@H]1CCN(C(=O)c2ccc(OC)c(OC)c2)C[C@H]1c1cccnc1. The molecule has 0 radical (unpaired) electrons. The number of hydrogen-bond donors (Lipinski definition) is 0. The fourth-order valence-corrected chi connectivity index (χ4v) is 3.75. The van der Waals surface area contributed by atoms with Gasteiger partial charge in [-0.3, -0.25) is 14.6 Å². The minimum absolute atomic E-state index is 0.109. The van der Waals surface area contributed by atoms with Gasteiger partial charge in [-0.25, -0.2) is 0 Å². The molecule has 29 heavy (non-hydrogen) atoms. The monoisotopic (exact) mass is 398 g/mol. The van der Waals surface area contributed by atoms with Gasteiger partial charge in [0, 0.05) is 37.0 Å². The lowest BCUT2D eigenvalue weighted by molar-refractivity contribution is -0.150. The van der Waals surface area contributed by atoms with Gasteiger partial charge in [0.2, 0.25) is 0 Å². The Morgan fingerprint density at radius 3 is 2.62 bits per heavy atom. The molecule has 3 rings (SSSR count). The van der Waals surface area contributed by atoms with Crippen LogP contribution in [0, 0.1) is 5.92 Å². The molecule has 1 aliphatic heterocycles. The third kappa shape index (κ3) is 4.50.